The van der Waals surface area contributed by atoms with Crippen molar-refractivity contribution < 1.29 is 28.6 Å². The van der Waals surface area contributed by atoms with Gasteiger partial charge in [-0.05, 0) is 61.2 Å². The lowest BCUT2D eigenvalue weighted by Gasteiger charge is -2.16. The van der Waals surface area contributed by atoms with Gasteiger partial charge in [-0.15, -0.1) is 0 Å². The summed E-state index contributed by atoms with van der Waals surface area (Å²) in [6, 6.07) is 26.2. The number of hydrogen-bond acceptors (Lipinski definition) is 6. The maximum Gasteiger partial charge on any atom is 0.415 e. The molecule has 5 rings (SSSR count). The van der Waals surface area contributed by atoms with Crippen LogP contribution in [0.15, 0.2) is 89.3 Å². The summed E-state index contributed by atoms with van der Waals surface area (Å²) in [5, 5.41) is 9.81. The Kier molecular flexibility index (Phi) is 7.91. The minimum absolute atomic E-state index is 0.115. The van der Waals surface area contributed by atoms with Crippen molar-refractivity contribution in [3.8, 4) is 23.0 Å². The number of aromatic nitrogens is 1. The van der Waals surface area contributed by atoms with E-state index in [-0.39, 0.29) is 12.5 Å². The zero-order chi connectivity index (χ0) is 27.2. The van der Waals surface area contributed by atoms with Gasteiger partial charge in [0.25, 0.3) is 0 Å². The molecular formula is C31H30N2O6. The Morgan fingerprint density at radius 1 is 0.974 bits per heavy atom. The summed E-state index contributed by atoms with van der Waals surface area (Å²) in [5.74, 6) is 0.656. The third kappa shape index (κ3) is 6.46. The van der Waals surface area contributed by atoms with Crippen molar-refractivity contribution in [1.29, 1.82) is 0 Å². The van der Waals surface area contributed by atoms with Crippen LogP contribution in [0.4, 0.5) is 4.79 Å². The molecule has 1 fully saturated rings. The van der Waals surface area contributed by atoms with Gasteiger partial charge in [0.05, 0.1) is 18.2 Å². The fourth-order valence-corrected chi connectivity index (χ4v) is 4.86. The van der Waals surface area contributed by atoms with Gasteiger partial charge >= 0.3 is 12.1 Å². The predicted molar refractivity (Wildman–Crippen MR) is 145 cm³/mol. The number of oxazole rings is 1. The molecule has 1 aromatic heterocycles. The Balaban J connectivity index is 1.18. The molecule has 2 atom stereocenters. The standard InChI is InChI=1S/C31H30N2O6/c1-21-28(32-29(38-21)23-10-4-2-5-11-23)15-16-37-26-14-8-9-22(18-26)17-24-19-33(20-27(24)30(34)35)31(36)39-25-12-6-3-7-13-25/h2-14,18,24,27H,15-17,19-20H2,1H3,(H,34,35)/t24-,27?/m1/s1. The summed E-state index contributed by atoms with van der Waals surface area (Å²) in [5.41, 5.74) is 2.73. The minimum Gasteiger partial charge on any atom is -0.493 e. The summed E-state index contributed by atoms with van der Waals surface area (Å²) in [7, 11) is 0. The van der Waals surface area contributed by atoms with Gasteiger partial charge in [0.15, 0.2) is 0 Å². The van der Waals surface area contributed by atoms with Crippen molar-refractivity contribution in [1.82, 2.24) is 9.88 Å². The van der Waals surface area contributed by atoms with Crippen molar-refractivity contribution in [2.24, 2.45) is 11.8 Å². The number of benzene rings is 3. The molecule has 1 N–H and O–H groups in total. The van der Waals surface area contributed by atoms with Crippen molar-refractivity contribution >= 4 is 12.1 Å². The Morgan fingerprint density at radius 3 is 2.44 bits per heavy atom. The lowest BCUT2D eigenvalue weighted by atomic mass is 9.90. The van der Waals surface area contributed by atoms with Gasteiger partial charge in [-0.3, -0.25) is 4.79 Å². The first-order chi connectivity index (χ1) is 19.0. The molecule has 1 unspecified atom stereocenters. The van der Waals surface area contributed by atoms with Crippen LogP contribution in [-0.4, -0.2) is 46.7 Å². The Hall–Kier alpha value is -4.59. The van der Waals surface area contributed by atoms with Crippen LogP contribution in [0.5, 0.6) is 11.5 Å². The van der Waals surface area contributed by atoms with Gasteiger partial charge < -0.3 is 23.9 Å². The average Bonchev–Trinajstić information content (AvgIpc) is 3.54. The molecule has 1 saturated heterocycles. The number of carboxylic acid groups (broad SMARTS) is 1. The van der Waals surface area contributed by atoms with Crippen molar-refractivity contribution in [3.05, 3.63) is 102 Å². The normalized spacial score (nSPS) is 16.7. The third-order valence-corrected chi connectivity index (χ3v) is 6.88. The number of likely N-dealkylation sites (tertiary alicyclic amines) is 1. The highest BCUT2D eigenvalue weighted by Gasteiger charge is 2.40. The molecule has 0 aliphatic carbocycles. The number of aliphatic carboxylic acids is 1. The largest absolute Gasteiger partial charge is 0.493 e. The van der Waals surface area contributed by atoms with E-state index >= 15 is 0 Å². The van der Waals surface area contributed by atoms with Crippen molar-refractivity contribution in [3.63, 3.8) is 0 Å². The molecule has 0 saturated carbocycles. The van der Waals surface area contributed by atoms with Crippen LogP contribution in [0.2, 0.25) is 0 Å². The Labute approximate surface area is 226 Å². The van der Waals surface area contributed by atoms with Gasteiger partial charge in [-0.25, -0.2) is 9.78 Å². The minimum atomic E-state index is -0.916. The number of amides is 1. The first-order valence-electron chi connectivity index (χ1n) is 12.9. The lowest BCUT2D eigenvalue weighted by Crippen LogP contribution is -2.32. The van der Waals surface area contributed by atoms with Crippen LogP contribution in [0.1, 0.15) is 17.0 Å². The number of aryl methyl sites for hydroxylation is 1. The molecule has 1 amide bonds. The molecule has 8 nitrogen and oxygen atoms in total. The number of para-hydroxylation sites is 1. The number of nitrogens with zero attached hydrogens (tertiary/aromatic N) is 2. The van der Waals surface area contributed by atoms with E-state index in [2.05, 4.69) is 4.98 Å². The molecule has 1 aliphatic rings. The first-order valence-corrected chi connectivity index (χ1v) is 12.9. The van der Waals surface area contributed by atoms with Gasteiger partial charge in [0.1, 0.15) is 17.3 Å². The number of carboxylic acids is 1. The molecule has 0 bridgehead atoms. The monoisotopic (exact) mass is 526 g/mol. The van der Waals surface area contributed by atoms with E-state index in [1.807, 2.05) is 67.6 Å². The second-order valence-corrected chi connectivity index (χ2v) is 9.63. The topological polar surface area (TPSA) is 102 Å². The van der Waals surface area contributed by atoms with Crippen molar-refractivity contribution in [2.75, 3.05) is 19.7 Å². The zero-order valence-electron chi connectivity index (χ0n) is 21.7. The summed E-state index contributed by atoms with van der Waals surface area (Å²) in [6.07, 6.45) is 0.561. The molecule has 4 aromatic rings. The van der Waals surface area contributed by atoms with Crippen LogP contribution >= 0.6 is 0 Å². The molecule has 39 heavy (non-hydrogen) atoms. The molecule has 8 heteroatoms. The molecule has 0 radical (unpaired) electrons. The van der Waals surface area contributed by atoms with Crippen LogP contribution in [0.3, 0.4) is 0 Å². The highest BCUT2D eigenvalue weighted by Crippen LogP contribution is 2.29. The molecular weight excluding hydrogens is 496 g/mol. The number of ether oxygens (including phenoxy) is 2. The molecule has 200 valence electrons. The van der Waals surface area contributed by atoms with Gasteiger partial charge in [0.2, 0.25) is 5.89 Å². The quantitative estimate of drug-likeness (QED) is 0.301. The lowest BCUT2D eigenvalue weighted by molar-refractivity contribution is -0.142. The Morgan fingerprint density at radius 2 is 1.69 bits per heavy atom. The van der Waals surface area contributed by atoms with E-state index in [9.17, 15) is 14.7 Å². The van der Waals surface area contributed by atoms with Gasteiger partial charge in [-0.1, -0.05) is 48.5 Å². The third-order valence-electron chi connectivity index (χ3n) is 6.88. The van der Waals surface area contributed by atoms with Crippen molar-refractivity contribution in [2.45, 2.75) is 19.8 Å². The summed E-state index contributed by atoms with van der Waals surface area (Å²) in [6.45, 7) is 2.74. The Bertz CT molecular complexity index is 1420. The summed E-state index contributed by atoms with van der Waals surface area (Å²) < 4.78 is 17.3. The molecule has 1 aliphatic heterocycles. The smallest absolute Gasteiger partial charge is 0.415 e. The number of carbonyl (C=O) groups excluding carboxylic acids is 1. The predicted octanol–water partition coefficient (Wildman–Crippen LogP) is 5.65. The SMILES string of the molecule is Cc1oc(-c2ccccc2)nc1CCOc1cccc(C[C@@H]2CN(C(=O)Oc3ccccc3)CC2C(=O)O)c1. The molecule has 0 spiro atoms. The summed E-state index contributed by atoms with van der Waals surface area (Å²) in [4.78, 5) is 30.7. The van der Waals surface area contributed by atoms with E-state index in [1.165, 1.54) is 4.90 Å². The number of rotatable bonds is 9. The first kappa shape index (κ1) is 26.0. The van der Waals surface area contributed by atoms with Crippen LogP contribution in [0.25, 0.3) is 11.5 Å². The van der Waals surface area contributed by atoms with E-state index in [1.54, 1.807) is 24.3 Å². The van der Waals surface area contributed by atoms with E-state index in [0.717, 1.165) is 22.6 Å². The molecule has 3 aromatic carbocycles. The average molecular weight is 527 g/mol. The van der Waals surface area contributed by atoms with Gasteiger partial charge in [-0.2, -0.15) is 0 Å². The van der Waals surface area contributed by atoms with E-state index in [0.29, 0.717) is 43.4 Å². The second-order valence-electron chi connectivity index (χ2n) is 9.63. The maximum absolute atomic E-state index is 12.7. The number of hydrogen-bond donors (Lipinski definition) is 1. The number of carbonyl (C=O) groups is 2. The highest BCUT2D eigenvalue weighted by molar-refractivity contribution is 5.75. The highest BCUT2D eigenvalue weighted by atomic mass is 16.6. The summed E-state index contributed by atoms with van der Waals surface area (Å²) >= 11 is 0. The zero-order valence-corrected chi connectivity index (χ0v) is 21.7. The second kappa shape index (κ2) is 11.9. The maximum atomic E-state index is 12.7. The van der Waals surface area contributed by atoms with Crippen LogP contribution in [0, 0.1) is 18.8 Å². The van der Waals surface area contributed by atoms with Crippen LogP contribution < -0.4 is 9.47 Å². The fraction of sp³-hybridized carbons (Fsp3) is 0.258. The van der Waals surface area contributed by atoms with Gasteiger partial charge in [0, 0.05) is 25.1 Å². The van der Waals surface area contributed by atoms with E-state index in [4.69, 9.17) is 13.9 Å². The van der Waals surface area contributed by atoms with Crippen LogP contribution in [-0.2, 0) is 17.6 Å². The van der Waals surface area contributed by atoms with E-state index < -0.39 is 18.0 Å². The fourth-order valence-electron chi connectivity index (χ4n) is 4.86. The molecule has 2 heterocycles.